The van der Waals surface area contributed by atoms with E-state index >= 15 is 0 Å². The molecule has 1 unspecified atom stereocenters. The summed E-state index contributed by atoms with van der Waals surface area (Å²) in [6, 6.07) is 6.83. The summed E-state index contributed by atoms with van der Waals surface area (Å²) >= 11 is 0. The monoisotopic (exact) mass is 403 g/mol. The molecule has 0 N–H and O–H groups in total. The number of aromatic nitrogens is 1. The second kappa shape index (κ2) is 10.6. The summed E-state index contributed by atoms with van der Waals surface area (Å²) in [5.74, 6) is 0.368. The van der Waals surface area contributed by atoms with Crippen LogP contribution in [0, 0.1) is 11.7 Å². The number of nitrogens with zero attached hydrogens (tertiary/aromatic N) is 1. The Morgan fingerprint density at radius 1 is 1.24 bits per heavy atom. The highest BCUT2D eigenvalue weighted by Crippen LogP contribution is 2.39. The second-order valence-corrected chi connectivity index (χ2v) is 7.58. The molecule has 0 radical (unpaired) electrons. The van der Waals surface area contributed by atoms with Crippen molar-refractivity contribution in [2.75, 3.05) is 26.9 Å². The van der Waals surface area contributed by atoms with E-state index in [9.17, 15) is 9.18 Å². The molecule has 1 aliphatic carbocycles. The molecular weight excluding hydrogens is 373 g/mol. The zero-order valence-corrected chi connectivity index (χ0v) is 17.2. The van der Waals surface area contributed by atoms with E-state index in [1.807, 2.05) is 12.3 Å². The molecule has 6 heteroatoms. The van der Waals surface area contributed by atoms with E-state index in [0.717, 1.165) is 36.6 Å². The number of methoxy groups -OCH3 is 1. The Balaban J connectivity index is 1.53. The van der Waals surface area contributed by atoms with E-state index in [2.05, 4.69) is 4.98 Å². The van der Waals surface area contributed by atoms with Crippen LogP contribution in [-0.2, 0) is 19.0 Å². The molecule has 3 rings (SSSR count). The van der Waals surface area contributed by atoms with Gasteiger partial charge >= 0.3 is 5.97 Å². The van der Waals surface area contributed by atoms with Crippen LogP contribution in [0.25, 0.3) is 10.9 Å². The molecule has 0 aliphatic heterocycles. The maximum Gasteiger partial charge on any atom is 0.308 e. The number of benzene rings is 1. The first-order valence-electron chi connectivity index (χ1n) is 10.4. The van der Waals surface area contributed by atoms with Gasteiger partial charge in [-0.05, 0) is 74.3 Å². The summed E-state index contributed by atoms with van der Waals surface area (Å²) in [5.41, 5.74) is 2.03. The van der Waals surface area contributed by atoms with Crippen LogP contribution in [0.15, 0.2) is 30.5 Å². The standard InChI is InChI=1S/C23H30FNO4/c1-3-29-23(26)11-13-28-15-22(27-2)17-6-4-16(5-7-17)19-10-12-25-21-9-8-18(24)14-20(19)21/h8-10,12,14,16-17,22H,3-7,11,13,15H2,1-2H3. The van der Waals surface area contributed by atoms with Gasteiger partial charge in [0.25, 0.3) is 0 Å². The lowest BCUT2D eigenvalue weighted by atomic mass is 9.76. The van der Waals surface area contributed by atoms with Gasteiger partial charge in [0.1, 0.15) is 5.82 Å². The number of hydrogen-bond acceptors (Lipinski definition) is 5. The maximum absolute atomic E-state index is 13.8. The van der Waals surface area contributed by atoms with Gasteiger partial charge in [-0.1, -0.05) is 0 Å². The van der Waals surface area contributed by atoms with E-state index in [4.69, 9.17) is 14.2 Å². The summed E-state index contributed by atoms with van der Waals surface area (Å²) in [4.78, 5) is 15.7. The largest absolute Gasteiger partial charge is 0.466 e. The molecule has 5 nitrogen and oxygen atoms in total. The predicted molar refractivity (Wildman–Crippen MR) is 109 cm³/mol. The minimum atomic E-state index is -0.233. The van der Waals surface area contributed by atoms with Gasteiger partial charge in [0.2, 0.25) is 0 Å². The van der Waals surface area contributed by atoms with Crippen molar-refractivity contribution in [1.29, 1.82) is 0 Å². The number of rotatable bonds is 9. The maximum atomic E-state index is 13.8. The molecule has 0 bridgehead atoms. The van der Waals surface area contributed by atoms with Crippen molar-refractivity contribution in [3.63, 3.8) is 0 Å². The van der Waals surface area contributed by atoms with Gasteiger partial charge in [0, 0.05) is 18.7 Å². The smallest absolute Gasteiger partial charge is 0.308 e. The van der Waals surface area contributed by atoms with Gasteiger partial charge in [0.05, 0.1) is 37.9 Å². The quantitative estimate of drug-likeness (QED) is 0.451. The summed E-state index contributed by atoms with van der Waals surface area (Å²) in [6.45, 7) is 3.01. The number of fused-ring (bicyclic) bond motifs is 1. The number of hydrogen-bond donors (Lipinski definition) is 0. The molecule has 1 atom stereocenters. The van der Waals surface area contributed by atoms with Crippen molar-refractivity contribution in [3.8, 4) is 0 Å². The molecule has 2 aromatic rings. The molecule has 1 aromatic heterocycles. The zero-order chi connectivity index (χ0) is 20.6. The predicted octanol–water partition coefficient (Wildman–Crippen LogP) is 4.63. The lowest BCUT2D eigenvalue weighted by Gasteiger charge is -2.33. The first kappa shape index (κ1) is 21.7. The SMILES string of the molecule is CCOC(=O)CCOCC(OC)C1CCC(c2ccnc3ccc(F)cc23)CC1. The molecule has 0 saturated heterocycles. The van der Waals surface area contributed by atoms with Crippen LogP contribution >= 0.6 is 0 Å². The number of carbonyl (C=O) groups excluding carboxylic acids is 1. The summed E-state index contributed by atoms with van der Waals surface area (Å²) in [6.07, 6.45) is 6.23. The van der Waals surface area contributed by atoms with Gasteiger partial charge in [0.15, 0.2) is 0 Å². The minimum absolute atomic E-state index is 0.0183. The number of halogens is 1. The first-order chi connectivity index (χ1) is 14.1. The van der Waals surface area contributed by atoms with Crippen LogP contribution in [-0.4, -0.2) is 44.0 Å². The molecule has 1 heterocycles. The molecule has 0 amide bonds. The Morgan fingerprint density at radius 2 is 2.03 bits per heavy atom. The Morgan fingerprint density at radius 3 is 2.76 bits per heavy atom. The average molecular weight is 403 g/mol. The Kier molecular flexibility index (Phi) is 7.95. The minimum Gasteiger partial charge on any atom is -0.466 e. The van der Waals surface area contributed by atoms with Gasteiger partial charge in [-0.15, -0.1) is 0 Å². The van der Waals surface area contributed by atoms with Crippen molar-refractivity contribution < 1.29 is 23.4 Å². The van der Waals surface area contributed by atoms with E-state index in [1.165, 1.54) is 11.6 Å². The summed E-state index contributed by atoms with van der Waals surface area (Å²) in [7, 11) is 1.71. The third-order valence-electron chi connectivity index (χ3n) is 5.82. The molecule has 0 spiro atoms. The number of ether oxygens (including phenoxy) is 3. The van der Waals surface area contributed by atoms with E-state index in [-0.39, 0.29) is 24.3 Å². The summed E-state index contributed by atoms with van der Waals surface area (Å²) in [5, 5.41) is 0.918. The normalized spacial score (nSPS) is 20.5. The highest BCUT2D eigenvalue weighted by Gasteiger charge is 2.29. The second-order valence-electron chi connectivity index (χ2n) is 7.58. The third kappa shape index (κ3) is 5.73. The van der Waals surface area contributed by atoms with Gasteiger partial charge in [-0.2, -0.15) is 0 Å². The molecule has 1 aliphatic rings. The first-order valence-corrected chi connectivity index (χ1v) is 10.4. The molecule has 1 aromatic carbocycles. The van der Waals surface area contributed by atoms with Gasteiger partial charge in [-0.25, -0.2) is 4.39 Å². The Labute approximate surface area is 171 Å². The fourth-order valence-electron chi connectivity index (χ4n) is 4.28. The lowest BCUT2D eigenvalue weighted by Crippen LogP contribution is -2.31. The topological polar surface area (TPSA) is 57.7 Å². The third-order valence-corrected chi connectivity index (χ3v) is 5.82. The molecule has 29 heavy (non-hydrogen) atoms. The van der Waals surface area contributed by atoms with Crippen molar-refractivity contribution in [3.05, 3.63) is 41.8 Å². The van der Waals surface area contributed by atoms with Crippen LogP contribution in [0.2, 0.25) is 0 Å². The molecular formula is C23H30FNO4. The van der Waals surface area contributed by atoms with E-state index in [0.29, 0.717) is 31.7 Å². The average Bonchev–Trinajstić information content (AvgIpc) is 2.74. The molecule has 158 valence electrons. The van der Waals surface area contributed by atoms with E-state index < -0.39 is 0 Å². The van der Waals surface area contributed by atoms with Gasteiger partial charge in [-0.3, -0.25) is 9.78 Å². The van der Waals surface area contributed by atoms with Crippen LogP contribution in [0.4, 0.5) is 4.39 Å². The van der Waals surface area contributed by atoms with Gasteiger partial charge < -0.3 is 14.2 Å². The summed E-state index contributed by atoms with van der Waals surface area (Å²) < 4.78 is 30.0. The van der Waals surface area contributed by atoms with Crippen molar-refractivity contribution in [2.24, 2.45) is 5.92 Å². The van der Waals surface area contributed by atoms with Crippen molar-refractivity contribution in [2.45, 2.75) is 51.0 Å². The highest BCUT2D eigenvalue weighted by molar-refractivity contribution is 5.82. The lowest BCUT2D eigenvalue weighted by molar-refractivity contribution is -0.144. The Hall–Kier alpha value is -2.05. The van der Waals surface area contributed by atoms with Crippen molar-refractivity contribution >= 4 is 16.9 Å². The van der Waals surface area contributed by atoms with Crippen molar-refractivity contribution in [1.82, 2.24) is 4.98 Å². The molecule has 1 saturated carbocycles. The fraction of sp³-hybridized carbons (Fsp3) is 0.565. The molecule has 1 fully saturated rings. The number of carbonyl (C=O) groups is 1. The number of esters is 1. The van der Waals surface area contributed by atoms with Crippen LogP contribution in [0.1, 0.15) is 50.5 Å². The van der Waals surface area contributed by atoms with Crippen LogP contribution < -0.4 is 0 Å². The Bertz CT molecular complexity index is 805. The van der Waals surface area contributed by atoms with Crippen LogP contribution in [0.5, 0.6) is 0 Å². The zero-order valence-electron chi connectivity index (χ0n) is 17.2. The highest BCUT2D eigenvalue weighted by atomic mass is 19.1. The van der Waals surface area contributed by atoms with Crippen LogP contribution in [0.3, 0.4) is 0 Å². The fourth-order valence-corrected chi connectivity index (χ4v) is 4.28. The van der Waals surface area contributed by atoms with E-state index in [1.54, 1.807) is 26.2 Å². The number of pyridine rings is 1.